The Balaban J connectivity index is 2.27. The SMILES string of the molecule is COc1ccc(C#Cc2cc(F)ccc2C=NNC(N)=O)cc1. The van der Waals surface area contributed by atoms with Crippen molar-refractivity contribution in [2.75, 3.05) is 7.11 Å². The number of carbonyl (C=O) groups excluding carboxylic acids is 1. The molecule has 2 rings (SSSR count). The van der Waals surface area contributed by atoms with Crippen LogP contribution in [0.25, 0.3) is 0 Å². The van der Waals surface area contributed by atoms with E-state index in [0.29, 0.717) is 11.1 Å². The normalized spacial score (nSPS) is 10.0. The highest BCUT2D eigenvalue weighted by Crippen LogP contribution is 2.12. The van der Waals surface area contributed by atoms with Crippen molar-refractivity contribution < 1.29 is 13.9 Å². The number of carbonyl (C=O) groups is 1. The summed E-state index contributed by atoms with van der Waals surface area (Å²) < 4.78 is 18.5. The predicted molar refractivity (Wildman–Crippen MR) is 85.7 cm³/mol. The third-order valence-electron chi connectivity index (χ3n) is 2.83. The van der Waals surface area contributed by atoms with E-state index in [1.807, 2.05) is 0 Å². The van der Waals surface area contributed by atoms with E-state index < -0.39 is 11.8 Å². The van der Waals surface area contributed by atoms with Crippen molar-refractivity contribution in [1.82, 2.24) is 5.43 Å². The van der Waals surface area contributed by atoms with E-state index in [9.17, 15) is 9.18 Å². The minimum Gasteiger partial charge on any atom is -0.497 e. The maximum atomic E-state index is 13.4. The lowest BCUT2D eigenvalue weighted by Gasteiger charge is -2.00. The van der Waals surface area contributed by atoms with Gasteiger partial charge in [-0.1, -0.05) is 11.8 Å². The van der Waals surface area contributed by atoms with Crippen LogP contribution in [0.4, 0.5) is 9.18 Å². The fourth-order valence-corrected chi connectivity index (χ4v) is 1.73. The number of primary amides is 1. The van der Waals surface area contributed by atoms with E-state index in [1.165, 1.54) is 24.4 Å². The van der Waals surface area contributed by atoms with Gasteiger partial charge in [0.05, 0.1) is 13.3 Å². The standard InChI is InChI=1S/C17H14FN3O2/c1-23-16-8-3-12(4-9-16)2-5-13-10-15(18)7-6-14(13)11-20-21-17(19)22/h3-4,6-11H,1H3,(H3,19,21,22). The summed E-state index contributed by atoms with van der Waals surface area (Å²) in [7, 11) is 1.58. The number of amides is 2. The van der Waals surface area contributed by atoms with Gasteiger partial charge in [-0.25, -0.2) is 14.6 Å². The van der Waals surface area contributed by atoms with E-state index in [0.717, 1.165) is 11.3 Å². The Kier molecular flexibility index (Phi) is 5.31. The predicted octanol–water partition coefficient (Wildman–Crippen LogP) is 2.24. The minimum atomic E-state index is -0.783. The number of hydrogen-bond acceptors (Lipinski definition) is 3. The second kappa shape index (κ2) is 7.61. The molecule has 0 bridgehead atoms. The Morgan fingerprint density at radius 1 is 1.26 bits per heavy atom. The van der Waals surface area contributed by atoms with Crippen molar-refractivity contribution in [2.24, 2.45) is 10.8 Å². The zero-order chi connectivity index (χ0) is 16.7. The van der Waals surface area contributed by atoms with Crippen LogP contribution in [0.15, 0.2) is 47.6 Å². The molecule has 2 amide bonds. The van der Waals surface area contributed by atoms with E-state index in [1.54, 1.807) is 31.4 Å². The molecule has 0 aliphatic carbocycles. The molecule has 0 unspecified atom stereocenters. The largest absolute Gasteiger partial charge is 0.497 e. The zero-order valence-corrected chi connectivity index (χ0v) is 12.3. The summed E-state index contributed by atoms with van der Waals surface area (Å²) in [5.41, 5.74) is 8.74. The van der Waals surface area contributed by atoms with Crippen molar-refractivity contribution in [1.29, 1.82) is 0 Å². The van der Waals surface area contributed by atoms with Crippen molar-refractivity contribution in [3.63, 3.8) is 0 Å². The summed E-state index contributed by atoms with van der Waals surface area (Å²) in [6, 6.07) is 10.5. The average molecular weight is 311 g/mol. The van der Waals surface area contributed by atoms with Crippen LogP contribution >= 0.6 is 0 Å². The van der Waals surface area contributed by atoms with Gasteiger partial charge in [-0.3, -0.25) is 0 Å². The van der Waals surface area contributed by atoms with Crippen molar-refractivity contribution >= 4 is 12.2 Å². The quantitative estimate of drug-likeness (QED) is 0.518. The maximum absolute atomic E-state index is 13.4. The number of hydrazone groups is 1. The first kappa shape index (κ1) is 16.0. The number of hydrogen-bond donors (Lipinski definition) is 2. The van der Waals surface area contributed by atoms with Crippen LogP contribution in [0.3, 0.4) is 0 Å². The molecule has 0 aliphatic rings. The minimum absolute atomic E-state index is 0.413. The Morgan fingerprint density at radius 3 is 2.65 bits per heavy atom. The third-order valence-corrected chi connectivity index (χ3v) is 2.83. The fourth-order valence-electron chi connectivity index (χ4n) is 1.73. The lowest BCUT2D eigenvalue weighted by Crippen LogP contribution is -2.24. The van der Waals surface area contributed by atoms with Crippen LogP contribution in [0.2, 0.25) is 0 Å². The number of methoxy groups -OCH3 is 1. The summed E-state index contributed by atoms with van der Waals surface area (Å²) >= 11 is 0. The van der Waals surface area contributed by atoms with Gasteiger partial charge < -0.3 is 10.5 Å². The second-order valence-corrected chi connectivity index (χ2v) is 4.44. The Labute approximate surface area is 133 Å². The molecule has 0 aromatic heterocycles. The number of benzene rings is 2. The van der Waals surface area contributed by atoms with Gasteiger partial charge in [0, 0.05) is 16.7 Å². The topological polar surface area (TPSA) is 76.7 Å². The number of nitrogens with zero attached hydrogens (tertiary/aromatic N) is 1. The van der Waals surface area contributed by atoms with Crippen molar-refractivity contribution in [2.45, 2.75) is 0 Å². The molecule has 0 spiro atoms. The van der Waals surface area contributed by atoms with Crippen LogP contribution in [0, 0.1) is 17.7 Å². The lowest BCUT2D eigenvalue weighted by atomic mass is 10.1. The molecular formula is C17H14FN3O2. The van der Waals surface area contributed by atoms with Crippen molar-refractivity contribution in [3.8, 4) is 17.6 Å². The molecule has 23 heavy (non-hydrogen) atoms. The van der Waals surface area contributed by atoms with Gasteiger partial charge in [0.1, 0.15) is 11.6 Å². The molecule has 0 heterocycles. The second-order valence-electron chi connectivity index (χ2n) is 4.44. The van der Waals surface area contributed by atoms with Crippen LogP contribution < -0.4 is 15.9 Å². The number of ether oxygens (including phenoxy) is 1. The Hall–Kier alpha value is -3.33. The van der Waals surface area contributed by atoms with Gasteiger partial charge in [0.15, 0.2) is 0 Å². The smallest absolute Gasteiger partial charge is 0.332 e. The molecule has 3 N–H and O–H groups in total. The first-order chi connectivity index (χ1) is 11.1. The summed E-state index contributed by atoms with van der Waals surface area (Å²) in [6.07, 6.45) is 1.35. The molecule has 2 aromatic rings. The highest BCUT2D eigenvalue weighted by Gasteiger charge is 2.00. The maximum Gasteiger partial charge on any atom is 0.332 e. The van der Waals surface area contributed by atoms with Gasteiger partial charge in [0.25, 0.3) is 0 Å². The molecule has 6 heteroatoms. The first-order valence-corrected chi connectivity index (χ1v) is 6.62. The molecule has 0 fully saturated rings. The Morgan fingerprint density at radius 2 is 2.00 bits per heavy atom. The highest BCUT2D eigenvalue weighted by molar-refractivity contribution is 5.84. The Bertz CT molecular complexity index is 790. The summed E-state index contributed by atoms with van der Waals surface area (Å²) in [4.78, 5) is 10.6. The summed E-state index contributed by atoms with van der Waals surface area (Å²) in [5.74, 6) is 6.13. The molecule has 116 valence electrons. The molecule has 2 aromatic carbocycles. The van der Waals surface area contributed by atoms with Crippen LogP contribution in [-0.2, 0) is 0 Å². The van der Waals surface area contributed by atoms with Crippen molar-refractivity contribution in [3.05, 3.63) is 65.0 Å². The van der Waals surface area contributed by atoms with E-state index in [4.69, 9.17) is 10.5 Å². The van der Waals surface area contributed by atoms with Gasteiger partial charge >= 0.3 is 6.03 Å². The van der Waals surface area contributed by atoms with Crippen LogP contribution in [0.5, 0.6) is 5.75 Å². The molecule has 0 aliphatic heterocycles. The van der Waals surface area contributed by atoms with E-state index >= 15 is 0 Å². The molecule has 0 radical (unpaired) electrons. The van der Waals surface area contributed by atoms with Gasteiger partial charge in [-0.15, -0.1) is 0 Å². The zero-order valence-electron chi connectivity index (χ0n) is 12.3. The molecule has 5 nitrogen and oxygen atoms in total. The van der Waals surface area contributed by atoms with Gasteiger partial charge in [-0.05, 0) is 42.5 Å². The summed E-state index contributed by atoms with van der Waals surface area (Å²) in [5, 5.41) is 3.65. The first-order valence-electron chi connectivity index (χ1n) is 6.62. The van der Waals surface area contributed by atoms with E-state index in [2.05, 4.69) is 22.4 Å². The summed E-state index contributed by atoms with van der Waals surface area (Å²) in [6.45, 7) is 0. The number of rotatable bonds is 3. The number of nitrogens with two attached hydrogens (primary N) is 1. The number of nitrogens with one attached hydrogen (secondary N) is 1. The van der Waals surface area contributed by atoms with Gasteiger partial charge in [0.2, 0.25) is 0 Å². The molecule has 0 atom stereocenters. The third kappa shape index (κ3) is 4.86. The fraction of sp³-hybridized carbons (Fsp3) is 0.0588. The monoisotopic (exact) mass is 311 g/mol. The molecular weight excluding hydrogens is 297 g/mol. The molecule has 0 saturated carbocycles. The highest BCUT2D eigenvalue weighted by atomic mass is 19.1. The number of halogens is 1. The van der Waals surface area contributed by atoms with Crippen LogP contribution in [-0.4, -0.2) is 19.4 Å². The average Bonchev–Trinajstić information content (AvgIpc) is 2.55. The number of urea groups is 1. The van der Waals surface area contributed by atoms with E-state index in [-0.39, 0.29) is 0 Å². The van der Waals surface area contributed by atoms with Crippen LogP contribution in [0.1, 0.15) is 16.7 Å². The van der Waals surface area contributed by atoms with Gasteiger partial charge in [-0.2, -0.15) is 5.10 Å². The lowest BCUT2D eigenvalue weighted by molar-refractivity contribution is 0.249. The molecule has 0 saturated heterocycles.